The number of hydrogen-bond donors (Lipinski definition) is 0. The Labute approximate surface area is 146 Å². The Bertz CT molecular complexity index is 954. The van der Waals surface area contributed by atoms with E-state index in [1.807, 2.05) is 42.5 Å². The number of halogens is 1. The van der Waals surface area contributed by atoms with Crippen LogP contribution in [-0.2, 0) is 6.42 Å². The zero-order valence-corrected chi connectivity index (χ0v) is 13.8. The number of Topliss-reactive ketones (excluding diaryl/α,β-unsaturated/α-hetero) is 1. The highest BCUT2D eigenvalue weighted by Gasteiger charge is 2.27. The summed E-state index contributed by atoms with van der Waals surface area (Å²) in [4.78, 5) is 13.1. The number of allylic oxidation sites excluding steroid dienone is 1. The largest absolute Gasteiger partial charge is 0.289 e. The van der Waals surface area contributed by atoms with Crippen molar-refractivity contribution in [3.8, 4) is 0 Å². The number of rotatable bonds is 3. The number of fused-ring (bicyclic) bond motifs is 1. The Kier molecular flexibility index (Phi) is 3.79. The van der Waals surface area contributed by atoms with Crippen LogP contribution >= 0.6 is 11.6 Å². The first-order valence-electron chi connectivity index (χ1n) is 7.91. The fourth-order valence-corrected chi connectivity index (χ4v) is 3.48. The lowest BCUT2D eigenvalue weighted by Gasteiger charge is -2.09. The van der Waals surface area contributed by atoms with Crippen molar-refractivity contribution in [2.45, 2.75) is 6.42 Å². The van der Waals surface area contributed by atoms with Crippen LogP contribution in [-0.4, -0.2) is 5.78 Å². The molecule has 1 nitrogen and oxygen atoms in total. The second-order valence-electron chi connectivity index (χ2n) is 5.89. The molecule has 0 amide bonds. The molecule has 0 spiro atoms. The second-order valence-corrected chi connectivity index (χ2v) is 6.33. The maximum absolute atomic E-state index is 13.1. The summed E-state index contributed by atoms with van der Waals surface area (Å²) in [5.41, 5.74) is 5.93. The number of hydrogen-bond acceptors (Lipinski definition) is 1. The quantitative estimate of drug-likeness (QED) is 0.573. The summed E-state index contributed by atoms with van der Waals surface area (Å²) in [6, 6.07) is 25.5. The Morgan fingerprint density at radius 3 is 2.38 bits per heavy atom. The van der Waals surface area contributed by atoms with Crippen molar-refractivity contribution < 1.29 is 4.79 Å². The number of carbonyl (C=O) groups is 1. The van der Waals surface area contributed by atoms with Gasteiger partial charge in [-0.15, -0.1) is 0 Å². The van der Waals surface area contributed by atoms with Crippen LogP contribution in [0.2, 0.25) is 5.02 Å². The molecule has 1 aliphatic carbocycles. The minimum absolute atomic E-state index is 0.0487. The normalized spacial score (nSPS) is 13.0. The highest BCUT2D eigenvalue weighted by atomic mass is 35.5. The molecule has 4 rings (SSSR count). The molecule has 0 aliphatic heterocycles. The van der Waals surface area contributed by atoms with E-state index in [0.717, 1.165) is 22.3 Å². The molecule has 0 saturated carbocycles. The molecule has 0 N–H and O–H groups in total. The lowest BCUT2D eigenvalue weighted by molar-refractivity contribution is 0.103. The fourth-order valence-electron chi connectivity index (χ4n) is 3.29. The molecule has 116 valence electrons. The van der Waals surface area contributed by atoms with Gasteiger partial charge in [-0.1, -0.05) is 78.3 Å². The van der Waals surface area contributed by atoms with E-state index < -0.39 is 0 Å². The topological polar surface area (TPSA) is 17.1 Å². The molecule has 0 radical (unpaired) electrons. The Hall–Kier alpha value is -2.64. The second kappa shape index (κ2) is 6.10. The third kappa shape index (κ3) is 2.57. The standard InChI is InChI=1S/C22H15ClO/c23-18-11-6-10-17(13-18)22(24)20-14-16-9-4-5-12-19(16)21(20)15-7-2-1-3-8-15/h1-13H,14H2. The molecular weight excluding hydrogens is 316 g/mol. The van der Waals surface area contributed by atoms with Crippen LogP contribution < -0.4 is 0 Å². The molecule has 3 aromatic carbocycles. The molecule has 2 heteroatoms. The monoisotopic (exact) mass is 330 g/mol. The van der Waals surface area contributed by atoms with Crippen LogP contribution in [0.3, 0.4) is 0 Å². The van der Waals surface area contributed by atoms with E-state index in [2.05, 4.69) is 24.3 Å². The van der Waals surface area contributed by atoms with Crippen LogP contribution in [0.25, 0.3) is 5.57 Å². The predicted octanol–water partition coefficient (Wildman–Crippen LogP) is 5.58. The molecule has 24 heavy (non-hydrogen) atoms. The van der Waals surface area contributed by atoms with Gasteiger partial charge in [-0.25, -0.2) is 0 Å². The maximum atomic E-state index is 13.1. The van der Waals surface area contributed by atoms with Gasteiger partial charge in [-0.05, 0) is 34.4 Å². The first kappa shape index (κ1) is 14.9. The molecule has 3 aromatic rings. The third-order valence-corrected chi connectivity index (χ3v) is 4.61. The summed E-state index contributed by atoms with van der Waals surface area (Å²) in [5, 5.41) is 0.582. The van der Waals surface area contributed by atoms with Gasteiger partial charge in [0.05, 0.1) is 0 Å². The summed E-state index contributed by atoms with van der Waals surface area (Å²) < 4.78 is 0. The summed E-state index contributed by atoms with van der Waals surface area (Å²) in [6.07, 6.45) is 0.658. The van der Waals surface area contributed by atoms with Gasteiger partial charge in [0.25, 0.3) is 0 Å². The molecule has 0 aromatic heterocycles. The van der Waals surface area contributed by atoms with E-state index in [4.69, 9.17) is 11.6 Å². The van der Waals surface area contributed by atoms with E-state index >= 15 is 0 Å². The van der Waals surface area contributed by atoms with Gasteiger partial charge in [0.2, 0.25) is 0 Å². The van der Waals surface area contributed by atoms with Crippen LogP contribution in [0.1, 0.15) is 27.0 Å². The van der Waals surface area contributed by atoms with E-state index in [0.29, 0.717) is 17.0 Å². The summed E-state index contributed by atoms with van der Waals surface area (Å²) in [6.45, 7) is 0. The zero-order chi connectivity index (χ0) is 16.5. The van der Waals surface area contributed by atoms with Crippen LogP contribution in [0.5, 0.6) is 0 Å². The summed E-state index contributed by atoms with van der Waals surface area (Å²) in [7, 11) is 0. The molecule has 0 atom stereocenters. The number of benzene rings is 3. The zero-order valence-electron chi connectivity index (χ0n) is 13.0. The van der Waals surface area contributed by atoms with Gasteiger partial charge in [-0.3, -0.25) is 4.79 Å². The van der Waals surface area contributed by atoms with Crippen LogP contribution in [0, 0.1) is 0 Å². The van der Waals surface area contributed by atoms with Crippen LogP contribution in [0.15, 0.2) is 84.4 Å². The van der Waals surface area contributed by atoms with Crippen molar-refractivity contribution in [3.63, 3.8) is 0 Å². The van der Waals surface area contributed by atoms with Gasteiger partial charge in [-0.2, -0.15) is 0 Å². The highest BCUT2D eigenvalue weighted by molar-refractivity contribution is 6.31. The van der Waals surface area contributed by atoms with Crippen molar-refractivity contribution in [2.24, 2.45) is 0 Å². The fraction of sp³-hybridized carbons (Fsp3) is 0.0455. The average Bonchev–Trinajstić information content (AvgIpc) is 3.01. The predicted molar refractivity (Wildman–Crippen MR) is 98.4 cm³/mol. The molecule has 0 fully saturated rings. The van der Waals surface area contributed by atoms with Crippen LogP contribution in [0.4, 0.5) is 0 Å². The van der Waals surface area contributed by atoms with E-state index in [1.54, 1.807) is 12.1 Å². The van der Waals surface area contributed by atoms with E-state index in [9.17, 15) is 4.79 Å². The number of ketones is 1. The Morgan fingerprint density at radius 2 is 1.58 bits per heavy atom. The van der Waals surface area contributed by atoms with Gasteiger partial charge in [0.15, 0.2) is 5.78 Å². The lowest BCUT2D eigenvalue weighted by Crippen LogP contribution is -2.05. The van der Waals surface area contributed by atoms with Gasteiger partial charge in [0, 0.05) is 22.6 Å². The lowest BCUT2D eigenvalue weighted by atomic mass is 9.94. The van der Waals surface area contributed by atoms with Gasteiger partial charge < -0.3 is 0 Å². The van der Waals surface area contributed by atoms with Crippen molar-refractivity contribution >= 4 is 23.0 Å². The first-order chi connectivity index (χ1) is 11.7. The minimum Gasteiger partial charge on any atom is -0.289 e. The molecule has 1 aliphatic rings. The van der Waals surface area contributed by atoms with E-state index in [-0.39, 0.29) is 5.78 Å². The first-order valence-corrected chi connectivity index (χ1v) is 8.29. The SMILES string of the molecule is O=C(C1=C(c2ccccc2)c2ccccc2C1)c1cccc(Cl)c1. The van der Waals surface area contributed by atoms with Crippen molar-refractivity contribution in [1.82, 2.24) is 0 Å². The molecule has 0 saturated heterocycles. The maximum Gasteiger partial charge on any atom is 0.190 e. The smallest absolute Gasteiger partial charge is 0.190 e. The Balaban J connectivity index is 1.89. The van der Waals surface area contributed by atoms with Crippen molar-refractivity contribution in [3.05, 3.63) is 112 Å². The molecule has 0 bridgehead atoms. The van der Waals surface area contributed by atoms with Crippen molar-refractivity contribution in [1.29, 1.82) is 0 Å². The molecular formula is C22H15ClO. The average molecular weight is 331 g/mol. The summed E-state index contributed by atoms with van der Waals surface area (Å²) in [5.74, 6) is 0.0487. The molecule has 0 heterocycles. The van der Waals surface area contributed by atoms with Crippen molar-refractivity contribution in [2.75, 3.05) is 0 Å². The highest BCUT2D eigenvalue weighted by Crippen LogP contribution is 2.38. The van der Waals surface area contributed by atoms with Gasteiger partial charge >= 0.3 is 0 Å². The third-order valence-electron chi connectivity index (χ3n) is 4.38. The number of carbonyl (C=O) groups excluding carboxylic acids is 1. The minimum atomic E-state index is 0.0487. The van der Waals surface area contributed by atoms with Gasteiger partial charge in [0.1, 0.15) is 0 Å². The molecule has 0 unspecified atom stereocenters. The Morgan fingerprint density at radius 1 is 0.833 bits per heavy atom. The van der Waals surface area contributed by atoms with E-state index in [1.165, 1.54) is 5.56 Å². The summed E-state index contributed by atoms with van der Waals surface area (Å²) >= 11 is 6.07.